The van der Waals surface area contributed by atoms with Crippen LogP contribution in [0.5, 0.6) is 0 Å². The van der Waals surface area contributed by atoms with Gasteiger partial charge >= 0.3 is 0 Å². The van der Waals surface area contributed by atoms with Crippen LogP contribution in [0, 0.1) is 13.8 Å². The van der Waals surface area contributed by atoms with Crippen LogP contribution in [0.25, 0.3) is 22.2 Å². The average molecular weight is 301 g/mol. The summed E-state index contributed by atoms with van der Waals surface area (Å²) in [6.45, 7) is 3.74. The Morgan fingerprint density at radius 3 is 2.71 bits per heavy atom. The number of hydrogen-bond acceptors (Lipinski definition) is 6. The van der Waals surface area contributed by atoms with E-state index in [0.717, 1.165) is 22.6 Å². The summed E-state index contributed by atoms with van der Waals surface area (Å²) in [5.74, 6) is 1.85. The molecule has 5 nitrogen and oxygen atoms in total. The van der Waals surface area contributed by atoms with E-state index in [9.17, 15) is 0 Å². The highest BCUT2D eigenvalue weighted by Gasteiger charge is 2.21. The molecular formula is C15H15N3O2S. The predicted octanol–water partition coefficient (Wildman–Crippen LogP) is 3.95. The van der Waals surface area contributed by atoms with Gasteiger partial charge in [0.05, 0.1) is 16.1 Å². The molecule has 1 aliphatic carbocycles. The first-order valence-corrected chi connectivity index (χ1v) is 7.93. The molecule has 0 unspecified atom stereocenters. The van der Waals surface area contributed by atoms with Crippen molar-refractivity contribution in [3.63, 3.8) is 0 Å². The van der Waals surface area contributed by atoms with Crippen molar-refractivity contribution in [2.75, 3.05) is 0 Å². The molecule has 3 heterocycles. The molecule has 4 rings (SSSR count). The Labute approximate surface area is 126 Å². The maximum Gasteiger partial charge on any atom is 0.268 e. The summed E-state index contributed by atoms with van der Waals surface area (Å²) in [7, 11) is 0. The summed E-state index contributed by atoms with van der Waals surface area (Å²) in [5.41, 5.74) is 3.05. The first kappa shape index (κ1) is 12.8. The fourth-order valence-corrected chi connectivity index (χ4v) is 4.00. The molecule has 6 heteroatoms. The quantitative estimate of drug-likeness (QED) is 0.717. The van der Waals surface area contributed by atoms with Gasteiger partial charge in [0.2, 0.25) is 5.82 Å². The molecule has 0 spiro atoms. The van der Waals surface area contributed by atoms with E-state index in [1.54, 1.807) is 11.3 Å². The molecule has 0 aliphatic heterocycles. The van der Waals surface area contributed by atoms with E-state index >= 15 is 0 Å². The van der Waals surface area contributed by atoms with Gasteiger partial charge in [-0.25, -0.2) is 0 Å². The molecule has 0 atom stereocenters. The van der Waals surface area contributed by atoms with Crippen molar-refractivity contribution in [1.82, 2.24) is 15.3 Å². The lowest BCUT2D eigenvalue weighted by molar-refractivity contribution is 0.393. The summed E-state index contributed by atoms with van der Waals surface area (Å²) >= 11 is 1.77. The summed E-state index contributed by atoms with van der Waals surface area (Å²) in [6.07, 6.45) is 4.89. The molecule has 0 N–H and O–H groups in total. The third-order valence-electron chi connectivity index (χ3n) is 3.89. The molecule has 3 aromatic rings. The fraction of sp³-hybridized carbons (Fsp3) is 0.400. The lowest BCUT2D eigenvalue weighted by atomic mass is 9.99. The SMILES string of the molecule is Cc1noc(C)c1-c1noc(-c2cc3c(s2)CCCC3)n1. The maximum atomic E-state index is 5.44. The van der Waals surface area contributed by atoms with Gasteiger partial charge in [-0.2, -0.15) is 4.98 Å². The van der Waals surface area contributed by atoms with Crippen molar-refractivity contribution in [2.24, 2.45) is 0 Å². The zero-order valence-electron chi connectivity index (χ0n) is 12.0. The highest BCUT2D eigenvalue weighted by Crippen LogP contribution is 2.36. The van der Waals surface area contributed by atoms with E-state index in [2.05, 4.69) is 21.4 Å². The van der Waals surface area contributed by atoms with Gasteiger partial charge < -0.3 is 9.05 Å². The molecule has 108 valence electrons. The van der Waals surface area contributed by atoms with Crippen LogP contribution in [0.4, 0.5) is 0 Å². The van der Waals surface area contributed by atoms with Crippen molar-refractivity contribution < 1.29 is 9.05 Å². The molecule has 0 amide bonds. The molecule has 0 saturated carbocycles. The van der Waals surface area contributed by atoms with Gasteiger partial charge in [0.15, 0.2) is 0 Å². The minimum atomic E-state index is 0.549. The van der Waals surface area contributed by atoms with E-state index in [0.29, 0.717) is 17.5 Å². The third-order valence-corrected chi connectivity index (χ3v) is 5.12. The molecule has 0 saturated heterocycles. The van der Waals surface area contributed by atoms with Gasteiger partial charge in [-0.05, 0) is 51.2 Å². The Bertz CT molecular complexity index is 757. The van der Waals surface area contributed by atoms with Crippen LogP contribution in [0.1, 0.15) is 34.7 Å². The summed E-state index contributed by atoms with van der Waals surface area (Å²) in [5, 5.41) is 8.02. The number of aromatic nitrogens is 3. The Morgan fingerprint density at radius 2 is 1.95 bits per heavy atom. The molecule has 0 bridgehead atoms. The van der Waals surface area contributed by atoms with Crippen LogP contribution in [-0.4, -0.2) is 15.3 Å². The molecule has 21 heavy (non-hydrogen) atoms. The van der Waals surface area contributed by atoms with Crippen LogP contribution in [0.15, 0.2) is 15.1 Å². The van der Waals surface area contributed by atoms with Crippen molar-refractivity contribution in [3.05, 3.63) is 28.0 Å². The topological polar surface area (TPSA) is 65.0 Å². The zero-order valence-corrected chi connectivity index (χ0v) is 12.8. The first-order chi connectivity index (χ1) is 10.2. The molecule has 3 aromatic heterocycles. The lowest BCUT2D eigenvalue weighted by Gasteiger charge is -2.08. The molecule has 0 aromatic carbocycles. The number of rotatable bonds is 2. The molecular weight excluding hydrogens is 286 g/mol. The lowest BCUT2D eigenvalue weighted by Crippen LogP contribution is -1.96. The summed E-state index contributed by atoms with van der Waals surface area (Å²) in [4.78, 5) is 7.05. The minimum Gasteiger partial charge on any atom is -0.361 e. The van der Waals surface area contributed by atoms with Gasteiger partial charge in [-0.1, -0.05) is 10.3 Å². The molecule has 0 fully saturated rings. The van der Waals surface area contributed by atoms with Crippen molar-refractivity contribution >= 4 is 11.3 Å². The standard InChI is InChI=1S/C15H15N3O2S/c1-8-13(9(2)19-17-8)14-16-15(20-18-14)12-7-10-5-3-4-6-11(10)21-12/h7H,3-6H2,1-2H3. The fourth-order valence-electron chi connectivity index (χ4n) is 2.82. The number of thiophene rings is 1. The Hall–Kier alpha value is -1.95. The number of hydrogen-bond donors (Lipinski definition) is 0. The van der Waals surface area contributed by atoms with Crippen LogP contribution < -0.4 is 0 Å². The number of nitrogens with zero attached hydrogens (tertiary/aromatic N) is 3. The van der Waals surface area contributed by atoms with Crippen LogP contribution in [0.2, 0.25) is 0 Å². The highest BCUT2D eigenvalue weighted by atomic mass is 32.1. The summed E-state index contributed by atoms with van der Waals surface area (Å²) in [6, 6.07) is 2.20. The van der Waals surface area contributed by atoms with Gasteiger partial charge in [-0.3, -0.25) is 0 Å². The Morgan fingerprint density at radius 1 is 1.10 bits per heavy atom. The molecule has 0 radical (unpaired) electrons. The first-order valence-electron chi connectivity index (χ1n) is 7.11. The zero-order chi connectivity index (χ0) is 14.4. The number of fused-ring (bicyclic) bond motifs is 1. The highest BCUT2D eigenvalue weighted by molar-refractivity contribution is 7.15. The van der Waals surface area contributed by atoms with Crippen molar-refractivity contribution in [2.45, 2.75) is 39.5 Å². The molecule has 1 aliphatic rings. The van der Waals surface area contributed by atoms with E-state index in [1.807, 2.05) is 13.8 Å². The second-order valence-electron chi connectivity index (χ2n) is 5.39. The van der Waals surface area contributed by atoms with Crippen LogP contribution in [-0.2, 0) is 12.8 Å². The smallest absolute Gasteiger partial charge is 0.268 e. The van der Waals surface area contributed by atoms with Gasteiger partial charge in [-0.15, -0.1) is 11.3 Å². The van der Waals surface area contributed by atoms with Gasteiger partial charge in [0.1, 0.15) is 5.76 Å². The summed E-state index contributed by atoms with van der Waals surface area (Å²) < 4.78 is 10.6. The number of aryl methyl sites for hydroxylation is 4. The Kier molecular flexibility index (Phi) is 2.92. The maximum absolute atomic E-state index is 5.44. The van der Waals surface area contributed by atoms with Gasteiger partial charge in [0.25, 0.3) is 5.89 Å². The Balaban J connectivity index is 1.73. The van der Waals surface area contributed by atoms with Crippen LogP contribution >= 0.6 is 11.3 Å². The van der Waals surface area contributed by atoms with E-state index in [4.69, 9.17) is 9.05 Å². The largest absolute Gasteiger partial charge is 0.361 e. The van der Waals surface area contributed by atoms with Crippen molar-refractivity contribution in [3.8, 4) is 22.2 Å². The van der Waals surface area contributed by atoms with E-state index in [-0.39, 0.29) is 0 Å². The minimum absolute atomic E-state index is 0.549. The van der Waals surface area contributed by atoms with E-state index in [1.165, 1.54) is 29.7 Å². The monoisotopic (exact) mass is 301 g/mol. The van der Waals surface area contributed by atoms with Crippen LogP contribution in [0.3, 0.4) is 0 Å². The second kappa shape index (κ2) is 4.80. The normalized spacial score (nSPS) is 14.4. The second-order valence-corrected chi connectivity index (χ2v) is 6.53. The van der Waals surface area contributed by atoms with Crippen molar-refractivity contribution in [1.29, 1.82) is 0 Å². The van der Waals surface area contributed by atoms with E-state index < -0.39 is 0 Å². The average Bonchev–Trinajstić information content (AvgIpc) is 3.17. The van der Waals surface area contributed by atoms with Gasteiger partial charge in [0, 0.05) is 4.88 Å². The predicted molar refractivity (Wildman–Crippen MR) is 79.2 cm³/mol. The third kappa shape index (κ3) is 2.10.